The van der Waals surface area contributed by atoms with Crippen molar-refractivity contribution in [2.75, 3.05) is 5.75 Å². The molecule has 1 amide bonds. The summed E-state index contributed by atoms with van der Waals surface area (Å²) in [6, 6.07) is 8.68. The minimum absolute atomic E-state index is 0.0822. The first-order valence-corrected chi connectivity index (χ1v) is 11.3. The summed E-state index contributed by atoms with van der Waals surface area (Å²) in [7, 11) is 0. The Kier molecular flexibility index (Phi) is 7.61. The first-order chi connectivity index (χ1) is 14.3. The highest BCUT2D eigenvalue weighted by Crippen LogP contribution is 2.21. The van der Waals surface area contributed by atoms with Gasteiger partial charge in [0.05, 0.1) is 29.5 Å². The van der Waals surface area contributed by atoms with Crippen molar-refractivity contribution in [3.05, 3.63) is 57.7 Å². The first kappa shape index (κ1) is 22.4. The summed E-state index contributed by atoms with van der Waals surface area (Å²) in [5, 5.41) is 4.45. The van der Waals surface area contributed by atoms with Gasteiger partial charge in [-0.3, -0.25) is 14.2 Å². The standard InChI is InChI=1S/C22H26ClN3O3S/c1-14(2)6-7-15(3)24-20(27)13-30-22-25-19-11-16(23)8-9-18(19)21(28)26(22)12-17-5-4-10-29-17/h4-5,8-11,14-15H,6-7,12-13H2,1-3H3,(H,24,27)/t15-/m0/s1. The monoisotopic (exact) mass is 447 g/mol. The summed E-state index contributed by atoms with van der Waals surface area (Å²) >= 11 is 7.31. The molecule has 0 saturated carbocycles. The SMILES string of the molecule is CC(C)CC[C@H](C)NC(=O)CSc1nc2cc(Cl)ccc2c(=O)n1Cc1ccco1. The number of carbonyl (C=O) groups is 1. The molecule has 30 heavy (non-hydrogen) atoms. The van der Waals surface area contributed by atoms with E-state index in [2.05, 4.69) is 24.1 Å². The van der Waals surface area contributed by atoms with Crippen molar-refractivity contribution in [2.45, 2.75) is 51.4 Å². The van der Waals surface area contributed by atoms with Crippen molar-refractivity contribution in [3.8, 4) is 0 Å². The van der Waals surface area contributed by atoms with Gasteiger partial charge in [0, 0.05) is 11.1 Å². The number of nitrogens with zero attached hydrogens (tertiary/aromatic N) is 2. The molecule has 1 atom stereocenters. The Balaban J connectivity index is 1.80. The summed E-state index contributed by atoms with van der Waals surface area (Å²) in [5.74, 6) is 1.33. The number of thioether (sulfide) groups is 1. The van der Waals surface area contributed by atoms with Gasteiger partial charge < -0.3 is 9.73 Å². The van der Waals surface area contributed by atoms with Gasteiger partial charge >= 0.3 is 0 Å². The van der Waals surface area contributed by atoms with Crippen LogP contribution in [0.2, 0.25) is 5.02 Å². The maximum absolute atomic E-state index is 13.1. The van der Waals surface area contributed by atoms with Crippen molar-refractivity contribution in [2.24, 2.45) is 5.92 Å². The highest BCUT2D eigenvalue weighted by Gasteiger charge is 2.16. The molecule has 2 heterocycles. The minimum atomic E-state index is -0.193. The van der Waals surface area contributed by atoms with E-state index in [4.69, 9.17) is 16.0 Å². The second kappa shape index (κ2) is 10.2. The van der Waals surface area contributed by atoms with Gasteiger partial charge in [0.2, 0.25) is 5.91 Å². The summed E-state index contributed by atoms with van der Waals surface area (Å²) in [5.41, 5.74) is 0.317. The molecule has 8 heteroatoms. The van der Waals surface area contributed by atoms with Crippen LogP contribution in [0.5, 0.6) is 0 Å². The number of hydrogen-bond acceptors (Lipinski definition) is 5. The van der Waals surface area contributed by atoms with Gasteiger partial charge in [-0.1, -0.05) is 37.2 Å². The van der Waals surface area contributed by atoms with E-state index in [-0.39, 0.29) is 29.8 Å². The molecule has 3 rings (SSSR count). The lowest BCUT2D eigenvalue weighted by Crippen LogP contribution is -2.34. The lowest BCUT2D eigenvalue weighted by atomic mass is 10.0. The predicted octanol–water partition coefficient (Wildman–Crippen LogP) is 4.72. The Bertz CT molecular complexity index is 1060. The van der Waals surface area contributed by atoms with Gasteiger partial charge in [0.25, 0.3) is 5.56 Å². The molecule has 3 aromatic rings. The van der Waals surface area contributed by atoms with E-state index in [0.29, 0.717) is 32.8 Å². The van der Waals surface area contributed by atoms with Gasteiger partial charge in [-0.05, 0) is 56.0 Å². The highest BCUT2D eigenvalue weighted by molar-refractivity contribution is 7.99. The predicted molar refractivity (Wildman–Crippen MR) is 121 cm³/mol. The third-order valence-electron chi connectivity index (χ3n) is 4.69. The Morgan fingerprint density at radius 3 is 2.77 bits per heavy atom. The van der Waals surface area contributed by atoms with Crippen molar-refractivity contribution in [3.63, 3.8) is 0 Å². The van der Waals surface area contributed by atoms with Crippen molar-refractivity contribution in [1.82, 2.24) is 14.9 Å². The van der Waals surface area contributed by atoms with Crippen LogP contribution in [0.3, 0.4) is 0 Å². The number of halogens is 1. The molecule has 1 aromatic carbocycles. The van der Waals surface area contributed by atoms with E-state index in [0.717, 1.165) is 12.8 Å². The van der Waals surface area contributed by atoms with Crippen LogP contribution in [0, 0.1) is 5.92 Å². The molecule has 0 spiro atoms. The fourth-order valence-electron chi connectivity index (χ4n) is 3.08. The Morgan fingerprint density at radius 1 is 1.27 bits per heavy atom. The van der Waals surface area contributed by atoms with E-state index in [1.807, 2.05) is 6.92 Å². The molecule has 0 aliphatic heterocycles. The average Bonchev–Trinajstić information content (AvgIpc) is 3.20. The summed E-state index contributed by atoms with van der Waals surface area (Å²) in [6.45, 7) is 6.58. The summed E-state index contributed by atoms with van der Waals surface area (Å²) in [4.78, 5) is 30.1. The molecule has 0 aliphatic carbocycles. The number of carbonyl (C=O) groups excluding carboxylic acids is 1. The third-order valence-corrected chi connectivity index (χ3v) is 5.90. The van der Waals surface area contributed by atoms with E-state index in [1.54, 1.807) is 36.6 Å². The second-order valence-electron chi connectivity index (χ2n) is 7.75. The number of nitrogens with one attached hydrogen (secondary N) is 1. The van der Waals surface area contributed by atoms with Crippen molar-refractivity contribution in [1.29, 1.82) is 0 Å². The fraction of sp³-hybridized carbons (Fsp3) is 0.409. The maximum atomic E-state index is 13.1. The molecule has 0 unspecified atom stereocenters. The molecule has 1 N–H and O–H groups in total. The maximum Gasteiger partial charge on any atom is 0.262 e. The van der Waals surface area contributed by atoms with E-state index < -0.39 is 0 Å². The highest BCUT2D eigenvalue weighted by atomic mass is 35.5. The molecule has 2 aromatic heterocycles. The molecular weight excluding hydrogens is 422 g/mol. The van der Waals surface area contributed by atoms with Crippen LogP contribution in [0.15, 0.2) is 51.0 Å². The Morgan fingerprint density at radius 2 is 2.07 bits per heavy atom. The zero-order valence-corrected chi connectivity index (χ0v) is 18.9. The van der Waals surface area contributed by atoms with Crippen LogP contribution in [0.1, 0.15) is 39.4 Å². The Labute approximate surface area is 185 Å². The largest absolute Gasteiger partial charge is 0.467 e. The van der Waals surface area contributed by atoms with Gasteiger partial charge in [-0.25, -0.2) is 4.98 Å². The number of amides is 1. The quantitative estimate of drug-likeness (QED) is 0.379. The second-order valence-corrected chi connectivity index (χ2v) is 9.13. The summed E-state index contributed by atoms with van der Waals surface area (Å²) < 4.78 is 6.94. The molecule has 0 radical (unpaired) electrons. The molecule has 0 fully saturated rings. The topological polar surface area (TPSA) is 77.1 Å². The normalized spacial score (nSPS) is 12.4. The molecular formula is C22H26ClN3O3S. The van der Waals surface area contributed by atoms with Gasteiger partial charge in [0.15, 0.2) is 5.16 Å². The average molecular weight is 448 g/mol. The van der Waals surface area contributed by atoms with Crippen LogP contribution >= 0.6 is 23.4 Å². The van der Waals surface area contributed by atoms with Crippen molar-refractivity contribution >= 4 is 40.2 Å². The van der Waals surface area contributed by atoms with Crippen LogP contribution in [0.4, 0.5) is 0 Å². The van der Waals surface area contributed by atoms with Gasteiger partial charge in [-0.2, -0.15) is 0 Å². The fourth-order valence-corrected chi connectivity index (χ4v) is 4.06. The molecule has 0 bridgehead atoms. The number of hydrogen-bond donors (Lipinski definition) is 1. The van der Waals surface area contributed by atoms with Gasteiger partial charge in [0.1, 0.15) is 5.76 Å². The number of fused-ring (bicyclic) bond motifs is 1. The lowest BCUT2D eigenvalue weighted by Gasteiger charge is -2.16. The van der Waals surface area contributed by atoms with Crippen LogP contribution < -0.4 is 10.9 Å². The van der Waals surface area contributed by atoms with Gasteiger partial charge in [-0.15, -0.1) is 0 Å². The third kappa shape index (κ3) is 5.89. The Hall–Kier alpha value is -2.25. The zero-order chi connectivity index (χ0) is 21.7. The zero-order valence-electron chi connectivity index (χ0n) is 17.4. The lowest BCUT2D eigenvalue weighted by molar-refractivity contribution is -0.119. The van der Waals surface area contributed by atoms with E-state index >= 15 is 0 Å². The summed E-state index contributed by atoms with van der Waals surface area (Å²) in [6.07, 6.45) is 3.56. The van der Waals surface area contributed by atoms with Crippen LogP contribution in [-0.4, -0.2) is 27.3 Å². The molecule has 6 nitrogen and oxygen atoms in total. The number of rotatable bonds is 9. The number of furan rings is 1. The number of benzene rings is 1. The van der Waals surface area contributed by atoms with Crippen LogP contribution in [-0.2, 0) is 11.3 Å². The molecule has 0 aliphatic rings. The first-order valence-electron chi connectivity index (χ1n) is 9.98. The van der Waals surface area contributed by atoms with E-state index in [9.17, 15) is 9.59 Å². The van der Waals surface area contributed by atoms with Crippen molar-refractivity contribution < 1.29 is 9.21 Å². The van der Waals surface area contributed by atoms with E-state index in [1.165, 1.54) is 16.3 Å². The minimum Gasteiger partial charge on any atom is -0.467 e. The van der Waals surface area contributed by atoms with Crippen LogP contribution in [0.25, 0.3) is 10.9 Å². The molecule has 160 valence electrons. The molecule has 0 saturated heterocycles. The smallest absolute Gasteiger partial charge is 0.262 e. The number of aromatic nitrogens is 2.